The molecule has 0 bridgehead atoms. The minimum atomic E-state index is -0.697. The zero-order valence-corrected chi connectivity index (χ0v) is 16.5. The van der Waals surface area contributed by atoms with Crippen LogP contribution in [0.25, 0.3) is 11.0 Å². The number of hydrogen-bond donors (Lipinski definition) is 1. The monoisotopic (exact) mass is 417 g/mol. The molecule has 1 unspecified atom stereocenters. The van der Waals surface area contributed by atoms with Gasteiger partial charge in [-0.1, -0.05) is 54.1 Å². The molecule has 1 aliphatic rings. The van der Waals surface area contributed by atoms with Gasteiger partial charge in [-0.05, 0) is 41.5 Å². The van der Waals surface area contributed by atoms with Gasteiger partial charge in [0.1, 0.15) is 11.3 Å². The van der Waals surface area contributed by atoms with Crippen molar-refractivity contribution < 1.29 is 14.3 Å². The summed E-state index contributed by atoms with van der Waals surface area (Å²) in [5, 5.41) is 11.0. The zero-order valence-electron chi connectivity index (χ0n) is 15.7. The van der Waals surface area contributed by atoms with Gasteiger partial charge in [0.2, 0.25) is 5.76 Å². The van der Waals surface area contributed by atoms with Crippen LogP contribution >= 0.6 is 11.6 Å². The predicted molar refractivity (Wildman–Crippen MR) is 114 cm³/mol. The van der Waals surface area contributed by atoms with Gasteiger partial charge in [-0.3, -0.25) is 9.59 Å². The molecule has 5 nitrogen and oxygen atoms in total. The molecule has 1 aromatic heterocycles. The van der Waals surface area contributed by atoms with E-state index in [0.717, 1.165) is 5.56 Å². The average molecular weight is 418 g/mol. The van der Waals surface area contributed by atoms with Gasteiger partial charge in [-0.25, -0.2) is 0 Å². The second kappa shape index (κ2) is 7.04. The number of hydrogen-bond acceptors (Lipinski definition) is 4. The molecule has 1 aliphatic heterocycles. The second-order valence-corrected chi connectivity index (χ2v) is 7.60. The van der Waals surface area contributed by atoms with Crippen LogP contribution in [0.1, 0.15) is 33.3 Å². The van der Waals surface area contributed by atoms with E-state index >= 15 is 0 Å². The lowest BCUT2D eigenvalue weighted by atomic mass is 9.98. The lowest BCUT2D eigenvalue weighted by molar-refractivity contribution is 0.0714. The summed E-state index contributed by atoms with van der Waals surface area (Å²) in [6, 6.07) is 20.0. The first-order valence-electron chi connectivity index (χ1n) is 9.43. The van der Waals surface area contributed by atoms with Crippen LogP contribution in [0, 0.1) is 0 Å². The number of halogens is 1. The molecular weight excluding hydrogens is 402 g/mol. The molecule has 2 heterocycles. The third-order valence-corrected chi connectivity index (χ3v) is 5.73. The van der Waals surface area contributed by atoms with Gasteiger partial charge in [0.05, 0.1) is 17.0 Å². The summed E-state index contributed by atoms with van der Waals surface area (Å²) in [7, 11) is 0. The van der Waals surface area contributed by atoms with E-state index in [9.17, 15) is 14.7 Å². The first-order chi connectivity index (χ1) is 14.5. The maximum absolute atomic E-state index is 13.4. The number of nitrogens with zero attached hydrogens (tertiary/aromatic N) is 1. The Bertz CT molecular complexity index is 1360. The van der Waals surface area contributed by atoms with E-state index in [2.05, 4.69) is 0 Å². The molecule has 0 radical (unpaired) electrons. The molecule has 1 amide bonds. The van der Waals surface area contributed by atoms with Gasteiger partial charge < -0.3 is 14.4 Å². The maximum Gasteiger partial charge on any atom is 0.291 e. The lowest BCUT2D eigenvalue weighted by Crippen LogP contribution is -2.29. The van der Waals surface area contributed by atoms with E-state index in [1.807, 2.05) is 18.2 Å². The third kappa shape index (κ3) is 2.86. The van der Waals surface area contributed by atoms with Gasteiger partial charge in [0, 0.05) is 11.6 Å². The van der Waals surface area contributed by atoms with Crippen LogP contribution in [0.15, 0.2) is 82.0 Å². The Morgan fingerprint density at radius 3 is 2.53 bits per heavy atom. The van der Waals surface area contributed by atoms with Crippen molar-refractivity contribution in [2.75, 3.05) is 0 Å². The molecule has 0 fully saturated rings. The Kier molecular flexibility index (Phi) is 4.33. The quantitative estimate of drug-likeness (QED) is 0.514. The Hall–Kier alpha value is -3.57. The van der Waals surface area contributed by atoms with E-state index < -0.39 is 6.04 Å². The van der Waals surface area contributed by atoms with Crippen molar-refractivity contribution in [3.05, 3.63) is 110 Å². The summed E-state index contributed by atoms with van der Waals surface area (Å²) in [5.41, 5.74) is 1.76. The molecule has 4 aromatic rings. The van der Waals surface area contributed by atoms with Crippen molar-refractivity contribution >= 4 is 28.5 Å². The van der Waals surface area contributed by atoms with Crippen LogP contribution in [0.2, 0.25) is 5.02 Å². The van der Waals surface area contributed by atoms with Crippen LogP contribution in [0.5, 0.6) is 5.75 Å². The third-order valence-electron chi connectivity index (χ3n) is 5.36. The summed E-state index contributed by atoms with van der Waals surface area (Å²) in [5.74, 6) is -0.309. The van der Waals surface area contributed by atoms with Crippen molar-refractivity contribution in [3.8, 4) is 5.75 Å². The van der Waals surface area contributed by atoms with E-state index in [0.29, 0.717) is 21.6 Å². The van der Waals surface area contributed by atoms with Crippen molar-refractivity contribution in [2.24, 2.45) is 0 Å². The van der Waals surface area contributed by atoms with E-state index in [1.54, 1.807) is 59.5 Å². The fraction of sp³-hybridized carbons (Fsp3) is 0.0833. The SMILES string of the molecule is O=C1c2oc3ccccc3c(=O)c2C(c2cccc(O)c2)N1Cc1ccccc1Cl. The summed E-state index contributed by atoms with van der Waals surface area (Å²) in [4.78, 5) is 28.3. The van der Waals surface area contributed by atoms with E-state index in [-0.39, 0.29) is 35.0 Å². The largest absolute Gasteiger partial charge is 0.508 e. The summed E-state index contributed by atoms with van der Waals surface area (Å²) in [6.45, 7) is 0.193. The number of para-hydroxylation sites is 1. The Morgan fingerprint density at radius 2 is 1.73 bits per heavy atom. The zero-order chi connectivity index (χ0) is 20.8. The highest BCUT2D eigenvalue weighted by atomic mass is 35.5. The summed E-state index contributed by atoms with van der Waals surface area (Å²) in [6.07, 6.45) is 0. The van der Waals surface area contributed by atoms with E-state index in [4.69, 9.17) is 16.0 Å². The molecule has 3 aromatic carbocycles. The average Bonchev–Trinajstić information content (AvgIpc) is 3.02. The standard InChI is InChI=1S/C24H16ClNO4/c25-18-10-3-1-6-15(18)13-26-21(14-7-5-8-16(27)12-14)20-22(28)17-9-2-4-11-19(17)30-23(20)24(26)29/h1-12,21,27H,13H2. The Morgan fingerprint density at radius 1 is 0.967 bits per heavy atom. The molecule has 0 saturated carbocycles. The van der Waals surface area contributed by atoms with Crippen molar-refractivity contribution in [3.63, 3.8) is 0 Å². The summed E-state index contributed by atoms with van der Waals surface area (Å²) < 4.78 is 5.89. The molecule has 30 heavy (non-hydrogen) atoms. The number of phenols is 1. The number of fused-ring (bicyclic) bond motifs is 2. The minimum Gasteiger partial charge on any atom is -0.508 e. The Labute approximate surface area is 176 Å². The highest BCUT2D eigenvalue weighted by molar-refractivity contribution is 6.31. The fourth-order valence-electron chi connectivity index (χ4n) is 3.98. The van der Waals surface area contributed by atoms with Crippen molar-refractivity contribution in [1.29, 1.82) is 0 Å². The summed E-state index contributed by atoms with van der Waals surface area (Å²) >= 11 is 6.33. The van der Waals surface area contributed by atoms with Crippen molar-refractivity contribution in [1.82, 2.24) is 4.90 Å². The smallest absolute Gasteiger partial charge is 0.291 e. The Balaban J connectivity index is 1.75. The molecule has 0 saturated heterocycles. The van der Waals surface area contributed by atoms with Crippen LogP contribution in [-0.2, 0) is 6.54 Å². The number of benzene rings is 3. The molecular formula is C24H16ClNO4. The first-order valence-corrected chi connectivity index (χ1v) is 9.81. The predicted octanol–water partition coefficient (Wildman–Crippen LogP) is 4.90. The molecule has 6 heteroatoms. The topological polar surface area (TPSA) is 70.8 Å². The highest BCUT2D eigenvalue weighted by Gasteiger charge is 2.42. The highest BCUT2D eigenvalue weighted by Crippen LogP contribution is 2.40. The maximum atomic E-state index is 13.4. The van der Waals surface area contributed by atoms with Crippen LogP contribution in [0.3, 0.4) is 0 Å². The van der Waals surface area contributed by atoms with Gasteiger partial charge in [-0.15, -0.1) is 0 Å². The van der Waals surface area contributed by atoms with Gasteiger partial charge in [0.15, 0.2) is 5.43 Å². The molecule has 0 aliphatic carbocycles. The first kappa shape index (κ1) is 18.5. The number of amides is 1. The normalized spacial score (nSPS) is 15.6. The number of aromatic hydroxyl groups is 1. The lowest BCUT2D eigenvalue weighted by Gasteiger charge is -2.25. The fourth-order valence-corrected chi connectivity index (χ4v) is 4.18. The van der Waals surface area contributed by atoms with Crippen LogP contribution in [0.4, 0.5) is 0 Å². The van der Waals surface area contributed by atoms with Crippen molar-refractivity contribution in [2.45, 2.75) is 12.6 Å². The minimum absolute atomic E-state index is 0.0269. The molecule has 1 atom stereocenters. The number of rotatable bonds is 3. The molecule has 5 rings (SSSR count). The number of carbonyl (C=O) groups is 1. The van der Waals surface area contributed by atoms with Gasteiger partial charge in [-0.2, -0.15) is 0 Å². The van der Waals surface area contributed by atoms with Gasteiger partial charge >= 0.3 is 0 Å². The van der Waals surface area contributed by atoms with Gasteiger partial charge in [0.25, 0.3) is 5.91 Å². The number of carbonyl (C=O) groups excluding carboxylic acids is 1. The van der Waals surface area contributed by atoms with Crippen LogP contribution < -0.4 is 5.43 Å². The van der Waals surface area contributed by atoms with E-state index in [1.165, 1.54) is 0 Å². The van der Waals surface area contributed by atoms with Crippen LogP contribution in [-0.4, -0.2) is 15.9 Å². The second-order valence-electron chi connectivity index (χ2n) is 7.19. The molecule has 148 valence electrons. The molecule has 1 N–H and O–H groups in total. The molecule has 0 spiro atoms. The number of phenolic OH excluding ortho intramolecular Hbond substituents is 1.